The Morgan fingerprint density at radius 3 is 2.48 bits per heavy atom. The number of aliphatic hydroxyl groups excluding tert-OH is 1. The van der Waals surface area contributed by atoms with E-state index >= 15 is 0 Å². The van der Waals surface area contributed by atoms with Crippen molar-refractivity contribution in [1.82, 2.24) is 0 Å². The lowest BCUT2D eigenvalue weighted by Gasteiger charge is -2.29. The summed E-state index contributed by atoms with van der Waals surface area (Å²) in [6.07, 6.45) is -1.18. The summed E-state index contributed by atoms with van der Waals surface area (Å²) in [5, 5.41) is 9.23. The molecule has 6 heteroatoms. The number of rotatable bonds is 2. The maximum absolute atomic E-state index is 12.9. The molecule has 1 aliphatic rings. The molecule has 0 bridgehead atoms. The molecule has 21 heavy (non-hydrogen) atoms. The molecule has 0 fully saturated rings. The van der Waals surface area contributed by atoms with Crippen LogP contribution in [0.5, 0.6) is 5.75 Å². The average Bonchev–Trinajstić information content (AvgIpc) is 2.48. The number of aliphatic hydroxyl groups is 1. The summed E-state index contributed by atoms with van der Waals surface area (Å²) in [6.45, 7) is -0.141. The highest BCUT2D eigenvalue weighted by molar-refractivity contribution is 7.92. The summed E-state index contributed by atoms with van der Waals surface area (Å²) in [5.41, 5.74) is 0.444. The maximum atomic E-state index is 12.9. The van der Waals surface area contributed by atoms with Gasteiger partial charge in [0.2, 0.25) is 0 Å². The first kappa shape index (κ1) is 14.0. The van der Waals surface area contributed by atoms with Crippen LogP contribution in [-0.2, 0) is 9.84 Å². The van der Waals surface area contributed by atoms with Gasteiger partial charge in [0.05, 0.1) is 4.90 Å². The number of hydrogen-bond acceptors (Lipinski definition) is 4. The van der Waals surface area contributed by atoms with Crippen molar-refractivity contribution < 1.29 is 22.7 Å². The molecule has 1 N–H and O–H groups in total. The molecule has 1 heterocycles. The molecular formula is C15H13FO4S. The number of para-hydroxylation sites is 1. The Bertz CT molecular complexity index is 755. The minimum atomic E-state index is -3.81. The van der Waals surface area contributed by atoms with Crippen molar-refractivity contribution >= 4 is 9.84 Å². The lowest BCUT2D eigenvalue weighted by Crippen LogP contribution is -2.37. The predicted molar refractivity (Wildman–Crippen MR) is 74.3 cm³/mol. The lowest BCUT2D eigenvalue weighted by molar-refractivity contribution is 0.119. The zero-order valence-electron chi connectivity index (χ0n) is 10.9. The number of sulfone groups is 1. The van der Waals surface area contributed by atoms with Gasteiger partial charge in [0.15, 0.2) is 9.84 Å². The van der Waals surface area contributed by atoms with Crippen LogP contribution in [0.3, 0.4) is 0 Å². The Balaban J connectivity index is 1.99. The van der Waals surface area contributed by atoms with Gasteiger partial charge in [-0.2, -0.15) is 0 Å². The summed E-state index contributed by atoms with van der Waals surface area (Å²) in [6, 6.07) is 11.3. The number of halogens is 1. The van der Waals surface area contributed by atoms with E-state index in [1.54, 1.807) is 24.3 Å². The van der Waals surface area contributed by atoms with E-state index in [0.29, 0.717) is 11.3 Å². The van der Waals surface area contributed by atoms with Crippen LogP contribution in [-0.4, -0.2) is 25.4 Å². The third-order valence-corrected chi connectivity index (χ3v) is 5.65. The Kier molecular flexibility index (Phi) is 3.43. The summed E-state index contributed by atoms with van der Waals surface area (Å²) >= 11 is 0. The van der Waals surface area contributed by atoms with Crippen molar-refractivity contribution in [3.8, 4) is 5.75 Å². The Morgan fingerprint density at radius 2 is 1.76 bits per heavy atom. The minimum absolute atomic E-state index is 0.0315. The Morgan fingerprint density at radius 1 is 1.10 bits per heavy atom. The smallest absolute Gasteiger partial charge is 0.187 e. The first-order chi connectivity index (χ1) is 10.00. The molecule has 0 spiro atoms. The second-order valence-electron chi connectivity index (χ2n) is 4.83. The van der Waals surface area contributed by atoms with Gasteiger partial charge in [-0.25, -0.2) is 12.8 Å². The topological polar surface area (TPSA) is 63.6 Å². The van der Waals surface area contributed by atoms with Crippen molar-refractivity contribution in [2.24, 2.45) is 0 Å². The van der Waals surface area contributed by atoms with Crippen molar-refractivity contribution in [2.75, 3.05) is 6.61 Å². The number of hydrogen-bond donors (Lipinski definition) is 1. The van der Waals surface area contributed by atoms with Crippen molar-refractivity contribution in [3.05, 3.63) is 59.9 Å². The van der Waals surface area contributed by atoms with Gasteiger partial charge in [-0.05, 0) is 30.3 Å². The highest BCUT2D eigenvalue weighted by atomic mass is 32.2. The van der Waals surface area contributed by atoms with Crippen LogP contribution in [0.25, 0.3) is 0 Å². The van der Waals surface area contributed by atoms with E-state index in [-0.39, 0.29) is 11.5 Å². The van der Waals surface area contributed by atoms with Gasteiger partial charge >= 0.3 is 0 Å². The summed E-state index contributed by atoms with van der Waals surface area (Å²) in [4.78, 5) is -0.0315. The largest absolute Gasteiger partial charge is 0.492 e. The molecule has 110 valence electrons. The first-order valence-electron chi connectivity index (χ1n) is 6.39. The molecule has 2 unspecified atom stereocenters. The zero-order chi connectivity index (χ0) is 15.0. The van der Waals surface area contributed by atoms with Crippen LogP contribution < -0.4 is 4.74 Å². The molecule has 0 amide bonds. The fourth-order valence-electron chi connectivity index (χ4n) is 2.38. The standard InChI is InChI=1S/C15H13FO4S/c16-10-5-7-11(8-6-10)21(18,19)14-9-20-13-4-2-1-3-12(13)15(14)17/h1-8,14-15,17H,9H2. The number of fused-ring (bicyclic) bond motifs is 1. The van der Waals surface area contributed by atoms with Gasteiger partial charge in [-0.3, -0.25) is 0 Å². The maximum Gasteiger partial charge on any atom is 0.187 e. The molecule has 4 nitrogen and oxygen atoms in total. The average molecular weight is 308 g/mol. The molecule has 2 aromatic carbocycles. The van der Waals surface area contributed by atoms with Gasteiger partial charge in [0.1, 0.15) is 29.5 Å². The third-order valence-electron chi connectivity index (χ3n) is 3.53. The van der Waals surface area contributed by atoms with E-state index in [1.807, 2.05) is 0 Å². The van der Waals surface area contributed by atoms with E-state index in [0.717, 1.165) is 12.1 Å². The van der Waals surface area contributed by atoms with Gasteiger partial charge in [-0.15, -0.1) is 0 Å². The predicted octanol–water partition coefficient (Wildman–Crippen LogP) is 2.09. The van der Waals surface area contributed by atoms with E-state index < -0.39 is 27.0 Å². The molecule has 1 aliphatic heterocycles. The Labute approximate surface area is 121 Å². The van der Waals surface area contributed by atoms with Crippen LogP contribution in [0.15, 0.2) is 53.4 Å². The van der Waals surface area contributed by atoms with Gasteiger partial charge in [-0.1, -0.05) is 18.2 Å². The number of benzene rings is 2. The van der Waals surface area contributed by atoms with Crippen molar-refractivity contribution in [3.63, 3.8) is 0 Å². The number of ether oxygens (including phenoxy) is 1. The van der Waals surface area contributed by atoms with Crippen LogP contribution in [0.2, 0.25) is 0 Å². The van der Waals surface area contributed by atoms with Crippen molar-refractivity contribution in [1.29, 1.82) is 0 Å². The lowest BCUT2D eigenvalue weighted by atomic mass is 10.0. The van der Waals surface area contributed by atoms with Crippen LogP contribution >= 0.6 is 0 Å². The summed E-state index contributed by atoms with van der Waals surface area (Å²) in [5.74, 6) is -0.0321. The van der Waals surface area contributed by atoms with E-state index in [4.69, 9.17) is 4.74 Å². The highest BCUT2D eigenvalue weighted by Gasteiger charge is 2.39. The second-order valence-corrected chi connectivity index (χ2v) is 7.00. The van der Waals surface area contributed by atoms with Crippen LogP contribution in [0.1, 0.15) is 11.7 Å². The van der Waals surface area contributed by atoms with Gasteiger partial charge in [0, 0.05) is 5.56 Å². The van der Waals surface area contributed by atoms with E-state index in [2.05, 4.69) is 0 Å². The molecule has 0 radical (unpaired) electrons. The summed E-state index contributed by atoms with van der Waals surface area (Å²) in [7, 11) is -3.81. The van der Waals surface area contributed by atoms with Crippen LogP contribution in [0, 0.1) is 5.82 Å². The van der Waals surface area contributed by atoms with Crippen LogP contribution in [0.4, 0.5) is 4.39 Å². The third kappa shape index (κ3) is 2.41. The summed E-state index contributed by atoms with van der Waals surface area (Å²) < 4.78 is 43.5. The Hall–Kier alpha value is -1.92. The monoisotopic (exact) mass is 308 g/mol. The molecule has 0 aromatic heterocycles. The molecule has 2 aromatic rings. The van der Waals surface area contributed by atoms with Crippen molar-refractivity contribution in [2.45, 2.75) is 16.2 Å². The first-order valence-corrected chi connectivity index (χ1v) is 7.94. The van der Waals surface area contributed by atoms with Gasteiger partial charge < -0.3 is 9.84 Å². The van der Waals surface area contributed by atoms with E-state index in [9.17, 15) is 17.9 Å². The minimum Gasteiger partial charge on any atom is -0.492 e. The quantitative estimate of drug-likeness (QED) is 0.863. The molecular weight excluding hydrogens is 295 g/mol. The molecule has 2 atom stereocenters. The second kappa shape index (κ2) is 5.13. The van der Waals surface area contributed by atoms with Gasteiger partial charge in [0.25, 0.3) is 0 Å². The van der Waals surface area contributed by atoms with E-state index in [1.165, 1.54) is 12.1 Å². The zero-order valence-corrected chi connectivity index (χ0v) is 11.8. The molecule has 0 saturated heterocycles. The fourth-order valence-corrected chi connectivity index (χ4v) is 3.98. The highest BCUT2D eigenvalue weighted by Crippen LogP contribution is 2.36. The SMILES string of the molecule is O=S(=O)(c1ccc(F)cc1)C1COc2ccccc2C1O. The molecule has 3 rings (SSSR count). The molecule has 0 saturated carbocycles. The molecule has 0 aliphatic carbocycles. The fraction of sp³-hybridized carbons (Fsp3) is 0.200. The normalized spacial score (nSPS) is 21.4.